The number of hydrogen-bond donors (Lipinski definition) is 1. The van der Waals surface area contributed by atoms with Crippen LogP contribution in [0.2, 0.25) is 0 Å². The number of rotatable bonds is 8. The molecule has 0 fully saturated rings. The summed E-state index contributed by atoms with van der Waals surface area (Å²) >= 11 is 0. The lowest BCUT2D eigenvalue weighted by molar-refractivity contribution is 0.0697. The minimum atomic E-state index is -0.922. The van der Waals surface area contributed by atoms with Crippen LogP contribution in [-0.2, 0) is 4.74 Å². The summed E-state index contributed by atoms with van der Waals surface area (Å²) < 4.78 is 10.8. The first-order valence-corrected chi connectivity index (χ1v) is 6.96. The van der Waals surface area contributed by atoms with Crippen molar-refractivity contribution in [1.82, 2.24) is 0 Å². The van der Waals surface area contributed by atoms with Crippen molar-refractivity contribution < 1.29 is 19.4 Å². The summed E-state index contributed by atoms with van der Waals surface area (Å²) in [5.74, 6) is -0.151. The summed E-state index contributed by atoms with van der Waals surface area (Å²) in [6.45, 7) is 5.10. The number of carbonyl (C=O) groups is 1. The molecule has 0 aliphatic rings. The molecule has 0 saturated heterocycles. The quantitative estimate of drug-likeness (QED) is 0.597. The summed E-state index contributed by atoms with van der Waals surface area (Å²) in [6, 6.07) is 14.4. The average Bonchev–Trinajstić information content (AvgIpc) is 2.55. The SMILES string of the molecule is C=CCOCCOc1ccc(-c2ccc(C(=O)O)cc2)cc1. The van der Waals surface area contributed by atoms with Gasteiger partial charge >= 0.3 is 5.97 Å². The summed E-state index contributed by atoms with van der Waals surface area (Å²) in [5.41, 5.74) is 2.25. The Bertz CT molecular complexity index is 615. The molecule has 0 heterocycles. The van der Waals surface area contributed by atoms with Crippen LogP contribution < -0.4 is 4.74 Å². The van der Waals surface area contributed by atoms with Gasteiger partial charge in [0.2, 0.25) is 0 Å². The van der Waals surface area contributed by atoms with E-state index < -0.39 is 5.97 Å². The third-order valence-electron chi connectivity index (χ3n) is 3.05. The van der Waals surface area contributed by atoms with Crippen molar-refractivity contribution in [1.29, 1.82) is 0 Å². The predicted octanol–water partition coefficient (Wildman–Crippen LogP) is 3.63. The van der Waals surface area contributed by atoms with Crippen molar-refractivity contribution in [2.75, 3.05) is 19.8 Å². The molecule has 0 aliphatic heterocycles. The zero-order chi connectivity index (χ0) is 15.8. The van der Waals surface area contributed by atoms with E-state index in [0.717, 1.165) is 16.9 Å². The minimum Gasteiger partial charge on any atom is -0.491 e. The monoisotopic (exact) mass is 298 g/mol. The van der Waals surface area contributed by atoms with Crippen molar-refractivity contribution in [3.8, 4) is 16.9 Å². The van der Waals surface area contributed by atoms with Crippen LogP contribution >= 0.6 is 0 Å². The van der Waals surface area contributed by atoms with E-state index in [4.69, 9.17) is 14.6 Å². The van der Waals surface area contributed by atoms with E-state index in [1.807, 2.05) is 24.3 Å². The molecule has 0 aliphatic carbocycles. The largest absolute Gasteiger partial charge is 0.491 e. The van der Waals surface area contributed by atoms with E-state index in [1.165, 1.54) is 0 Å². The summed E-state index contributed by atoms with van der Waals surface area (Å²) in [5, 5.41) is 8.89. The van der Waals surface area contributed by atoms with Gasteiger partial charge in [-0.25, -0.2) is 4.79 Å². The highest BCUT2D eigenvalue weighted by Gasteiger charge is 2.03. The van der Waals surface area contributed by atoms with E-state index in [2.05, 4.69) is 6.58 Å². The first-order chi connectivity index (χ1) is 10.7. The molecule has 0 unspecified atom stereocenters. The van der Waals surface area contributed by atoms with Gasteiger partial charge < -0.3 is 14.6 Å². The molecule has 2 aromatic rings. The molecular formula is C18H18O4. The van der Waals surface area contributed by atoms with E-state index in [-0.39, 0.29) is 5.56 Å². The van der Waals surface area contributed by atoms with Gasteiger partial charge in [-0.1, -0.05) is 30.3 Å². The maximum Gasteiger partial charge on any atom is 0.335 e. The lowest BCUT2D eigenvalue weighted by atomic mass is 10.0. The van der Waals surface area contributed by atoms with Gasteiger partial charge in [0.05, 0.1) is 18.8 Å². The molecule has 2 rings (SSSR count). The number of aromatic carboxylic acids is 1. The van der Waals surface area contributed by atoms with Gasteiger partial charge in [0.15, 0.2) is 0 Å². The first-order valence-electron chi connectivity index (χ1n) is 6.96. The number of benzene rings is 2. The molecule has 4 nitrogen and oxygen atoms in total. The summed E-state index contributed by atoms with van der Waals surface area (Å²) in [6.07, 6.45) is 1.70. The van der Waals surface area contributed by atoms with E-state index >= 15 is 0 Å². The fraction of sp³-hybridized carbons (Fsp3) is 0.167. The number of carboxylic acids is 1. The van der Waals surface area contributed by atoms with Crippen LogP contribution in [-0.4, -0.2) is 30.9 Å². The topological polar surface area (TPSA) is 55.8 Å². The van der Waals surface area contributed by atoms with Gasteiger partial charge in [-0.2, -0.15) is 0 Å². The molecule has 114 valence electrons. The van der Waals surface area contributed by atoms with Crippen LogP contribution in [0.25, 0.3) is 11.1 Å². The Kier molecular flexibility index (Phi) is 5.74. The maximum absolute atomic E-state index is 10.8. The van der Waals surface area contributed by atoms with Crippen LogP contribution in [0.4, 0.5) is 0 Å². The van der Waals surface area contributed by atoms with Crippen molar-refractivity contribution in [3.05, 3.63) is 66.7 Å². The second-order valence-corrected chi connectivity index (χ2v) is 4.62. The van der Waals surface area contributed by atoms with Crippen LogP contribution in [0, 0.1) is 0 Å². The molecule has 22 heavy (non-hydrogen) atoms. The number of carboxylic acid groups (broad SMARTS) is 1. The zero-order valence-electron chi connectivity index (χ0n) is 12.2. The average molecular weight is 298 g/mol. The number of hydrogen-bond acceptors (Lipinski definition) is 3. The molecule has 2 aromatic carbocycles. The highest BCUT2D eigenvalue weighted by molar-refractivity contribution is 5.88. The highest BCUT2D eigenvalue weighted by Crippen LogP contribution is 2.22. The lowest BCUT2D eigenvalue weighted by Gasteiger charge is -2.07. The molecule has 0 aromatic heterocycles. The van der Waals surface area contributed by atoms with Crippen LogP contribution in [0.3, 0.4) is 0 Å². The zero-order valence-corrected chi connectivity index (χ0v) is 12.2. The summed E-state index contributed by atoms with van der Waals surface area (Å²) in [4.78, 5) is 10.8. The van der Waals surface area contributed by atoms with Gasteiger partial charge in [0.25, 0.3) is 0 Å². The van der Waals surface area contributed by atoms with E-state index in [1.54, 1.807) is 30.3 Å². The van der Waals surface area contributed by atoms with Gasteiger partial charge in [0, 0.05) is 0 Å². The molecule has 0 amide bonds. The Hall–Kier alpha value is -2.59. The number of ether oxygens (including phenoxy) is 2. The fourth-order valence-electron chi connectivity index (χ4n) is 1.93. The van der Waals surface area contributed by atoms with Crippen LogP contribution in [0.15, 0.2) is 61.2 Å². The lowest BCUT2D eigenvalue weighted by Crippen LogP contribution is -2.06. The Balaban J connectivity index is 1.93. The van der Waals surface area contributed by atoms with Gasteiger partial charge in [-0.3, -0.25) is 0 Å². The van der Waals surface area contributed by atoms with Crippen molar-refractivity contribution in [2.24, 2.45) is 0 Å². The Morgan fingerprint density at radius 2 is 1.59 bits per heavy atom. The minimum absolute atomic E-state index is 0.281. The van der Waals surface area contributed by atoms with E-state index in [0.29, 0.717) is 19.8 Å². The normalized spacial score (nSPS) is 10.2. The molecular weight excluding hydrogens is 280 g/mol. The molecule has 0 atom stereocenters. The van der Waals surface area contributed by atoms with Crippen LogP contribution in [0.5, 0.6) is 5.75 Å². The fourth-order valence-corrected chi connectivity index (χ4v) is 1.93. The van der Waals surface area contributed by atoms with Crippen LogP contribution in [0.1, 0.15) is 10.4 Å². The van der Waals surface area contributed by atoms with Crippen molar-refractivity contribution in [3.63, 3.8) is 0 Å². The molecule has 4 heteroatoms. The third kappa shape index (κ3) is 4.46. The second kappa shape index (κ2) is 8.00. The maximum atomic E-state index is 10.8. The second-order valence-electron chi connectivity index (χ2n) is 4.62. The van der Waals surface area contributed by atoms with E-state index in [9.17, 15) is 4.79 Å². The predicted molar refractivity (Wildman–Crippen MR) is 85.3 cm³/mol. The molecule has 0 radical (unpaired) electrons. The smallest absolute Gasteiger partial charge is 0.335 e. The van der Waals surface area contributed by atoms with Gasteiger partial charge in [0.1, 0.15) is 12.4 Å². The van der Waals surface area contributed by atoms with Gasteiger partial charge in [-0.15, -0.1) is 6.58 Å². The molecule has 1 N–H and O–H groups in total. The molecule has 0 saturated carbocycles. The van der Waals surface area contributed by atoms with Crippen molar-refractivity contribution >= 4 is 5.97 Å². The molecule has 0 spiro atoms. The Morgan fingerprint density at radius 1 is 1.00 bits per heavy atom. The van der Waals surface area contributed by atoms with Gasteiger partial charge in [-0.05, 0) is 35.4 Å². The summed E-state index contributed by atoms with van der Waals surface area (Å²) in [7, 11) is 0. The van der Waals surface area contributed by atoms with Crippen molar-refractivity contribution in [2.45, 2.75) is 0 Å². The molecule has 0 bridgehead atoms. The first kappa shape index (κ1) is 15.8. The Morgan fingerprint density at radius 3 is 2.14 bits per heavy atom. The Labute approximate surface area is 129 Å². The third-order valence-corrected chi connectivity index (χ3v) is 3.05. The standard InChI is InChI=1S/C18H18O4/c1-2-11-21-12-13-22-17-9-7-15(8-10-17)14-3-5-16(6-4-14)18(19)20/h2-10H,1,11-13H2,(H,19,20). The highest BCUT2D eigenvalue weighted by atomic mass is 16.5.